The van der Waals surface area contributed by atoms with Crippen LogP contribution in [0.4, 0.5) is 11.5 Å². The predicted octanol–water partition coefficient (Wildman–Crippen LogP) is 4.88. The van der Waals surface area contributed by atoms with Crippen LogP contribution in [0, 0.1) is 0 Å². The first-order chi connectivity index (χ1) is 12.1. The topological polar surface area (TPSA) is 33.1 Å². The third-order valence-corrected chi connectivity index (χ3v) is 5.26. The number of nitrogens with one attached hydrogen (secondary N) is 1. The lowest BCUT2D eigenvalue weighted by atomic mass is 10.1. The van der Waals surface area contributed by atoms with E-state index >= 15 is 0 Å². The molecule has 0 aliphatic carbocycles. The molecule has 6 heteroatoms. The van der Waals surface area contributed by atoms with Crippen LogP contribution in [0.25, 0.3) is 16.9 Å². The summed E-state index contributed by atoms with van der Waals surface area (Å²) >= 11 is 12.6. The molecule has 0 bridgehead atoms. The van der Waals surface area contributed by atoms with Crippen LogP contribution >= 0.6 is 23.2 Å². The van der Waals surface area contributed by atoms with Gasteiger partial charge in [0.2, 0.25) is 0 Å². The van der Waals surface area contributed by atoms with Crippen LogP contribution in [0.1, 0.15) is 5.56 Å². The Morgan fingerprint density at radius 3 is 2.72 bits per heavy atom. The number of anilines is 2. The van der Waals surface area contributed by atoms with Crippen molar-refractivity contribution < 1.29 is 0 Å². The van der Waals surface area contributed by atoms with Crippen LogP contribution < -0.4 is 10.2 Å². The molecule has 1 aliphatic rings. The summed E-state index contributed by atoms with van der Waals surface area (Å²) in [7, 11) is 4.07. The smallest absolute Gasteiger partial charge is 0.133 e. The number of rotatable bonds is 3. The van der Waals surface area contributed by atoms with Crippen molar-refractivity contribution in [1.29, 1.82) is 0 Å². The van der Waals surface area contributed by atoms with Gasteiger partial charge >= 0.3 is 0 Å². The van der Waals surface area contributed by atoms with E-state index in [2.05, 4.69) is 34.5 Å². The molecule has 0 spiro atoms. The number of benzene rings is 2. The lowest BCUT2D eigenvalue weighted by molar-refractivity contribution is 0.882. The highest BCUT2D eigenvalue weighted by Gasteiger charge is 2.25. The van der Waals surface area contributed by atoms with Gasteiger partial charge in [-0.1, -0.05) is 41.4 Å². The van der Waals surface area contributed by atoms with Gasteiger partial charge < -0.3 is 10.2 Å². The van der Waals surface area contributed by atoms with Gasteiger partial charge in [0.25, 0.3) is 0 Å². The van der Waals surface area contributed by atoms with E-state index in [0.717, 1.165) is 41.4 Å². The lowest BCUT2D eigenvalue weighted by Gasteiger charge is -2.13. The molecule has 1 N–H and O–H groups in total. The van der Waals surface area contributed by atoms with E-state index in [1.807, 2.05) is 30.9 Å². The molecule has 1 aromatic heterocycles. The first-order valence-electron chi connectivity index (χ1n) is 8.14. The molecule has 0 saturated heterocycles. The summed E-state index contributed by atoms with van der Waals surface area (Å²) in [6.45, 7) is 0.895. The SMILES string of the molecule is CN(C)c1cccc(-c2nn(-c3cccc(Cl)c3Cl)c3c2CCN3)c1. The number of aromatic nitrogens is 2. The highest BCUT2D eigenvalue weighted by Crippen LogP contribution is 2.38. The number of nitrogens with zero attached hydrogens (tertiary/aromatic N) is 3. The van der Waals surface area contributed by atoms with Crippen LogP contribution in [-0.4, -0.2) is 30.4 Å². The largest absolute Gasteiger partial charge is 0.378 e. The normalized spacial score (nSPS) is 12.8. The molecule has 0 saturated carbocycles. The molecule has 0 fully saturated rings. The Bertz CT molecular complexity index is 947. The van der Waals surface area contributed by atoms with Gasteiger partial charge in [-0.25, -0.2) is 4.68 Å². The van der Waals surface area contributed by atoms with Crippen molar-refractivity contribution >= 4 is 34.7 Å². The highest BCUT2D eigenvalue weighted by atomic mass is 35.5. The molecule has 0 radical (unpaired) electrons. The van der Waals surface area contributed by atoms with E-state index in [1.54, 1.807) is 6.07 Å². The van der Waals surface area contributed by atoms with Crippen molar-refractivity contribution in [1.82, 2.24) is 9.78 Å². The number of fused-ring (bicyclic) bond motifs is 1. The van der Waals surface area contributed by atoms with Crippen LogP contribution in [-0.2, 0) is 6.42 Å². The van der Waals surface area contributed by atoms with Crippen molar-refractivity contribution in [3.63, 3.8) is 0 Å². The van der Waals surface area contributed by atoms with E-state index < -0.39 is 0 Å². The Kier molecular flexibility index (Phi) is 4.10. The summed E-state index contributed by atoms with van der Waals surface area (Å²) in [5.74, 6) is 0.995. The molecule has 3 aromatic rings. The van der Waals surface area contributed by atoms with E-state index in [1.165, 1.54) is 5.56 Å². The summed E-state index contributed by atoms with van der Waals surface area (Å²) in [4.78, 5) is 2.09. The lowest BCUT2D eigenvalue weighted by Crippen LogP contribution is -2.08. The maximum atomic E-state index is 6.42. The Hall–Kier alpha value is -2.17. The fourth-order valence-corrected chi connectivity index (χ4v) is 3.54. The summed E-state index contributed by atoms with van der Waals surface area (Å²) in [5, 5.41) is 9.33. The zero-order valence-electron chi connectivity index (χ0n) is 14.1. The van der Waals surface area contributed by atoms with Gasteiger partial charge in [-0.05, 0) is 30.7 Å². The molecule has 0 atom stereocenters. The quantitative estimate of drug-likeness (QED) is 0.710. The van der Waals surface area contributed by atoms with Gasteiger partial charge in [0.1, 0.15) is 5.82 Å². The van der Waals surface area contributed by atoms with Crippen molar-refractivity contribution in [2.24, 2.45) is 0 Å². The molecule has 2 aromatic carbocycles. The van der Waals surface area contributed by atoms with Crippen LogP contribution in [0.15, 0.2) is 42.5 Å². The summed E-state index contributed by atoms with van der Waals surface area (Å²) in [6, 6.07) is 14.0. The second-order valence-corrected chi connectivity index (χ2v) is 7.07. The number of hydrogen-bond acceptors (Lipinski definition) is 3. The predicted molar refractivity (Wildman–Crippen MR) is 106 cm³/mol. The molecule has 4 rings (SSSR count). The van der Waals surface area contributed by atoms with Gasteiger partial charge in [-0.15, -0.1) is 0 Å². The van der Waals surface area contributed by atoms with Crippen molar-refractivity contribution in [2.45, 2.75) is 6.42 Å². The summed E-state index contributed by atoms with van der Waals surface area (Å²) in [5.41, 5.74) is 5.23. The average molecular weight is 373 g/mol. The highest BCUT2D eigenvalue weighted by molar-refractivity contribution is 6.43. The first-order valence-corrected chi connectivity index (χ1v) is 8.90. The minimum atomic E-state index is 0.511. The number of halogens is 2. The standard InChI is InChI=1S/C19H18Cl2N4/c1-24(2)13-6-3-5-12(11-13)18-14-9-10-22-19(14)25(23-18)16-8-4-7-15(20)17(16)21/h3-8,11,22H,9-10H2,1-2H3. The van der Waals surface area contributed by atoms with Gasteiger partial charge in [0.15, 0.2) is 0 Å². The van der Waals surface area contributed by atoms with Gasteiger partial charge in [-0.2, -0.15) is 5.10 Å². The van der Waals surface area contributed by atoms with E-state index in [4.69, 9.17) is 28.3 Å². The molecule has 4 nitrogen and oxygen atoms in total. The Balaban J connectivity index is 1.89. The van der Waals surface area contributed by atoms with E-state index in [0.29, 0.717) is 10.0 Å². The summed E-state index contributed by atoms with van der Waals surface area (Å²) < 4.78 is 1.87. The molecule has 0 unspecified atom stereocenters. The minimum absolute atomic E-state index is 0.511. The fourth-order valence-electron chi connectivity index (χ4n) is 3.17. The van der Waals surface area contributed by atoms with Crippen molar-refractivity contribution in [3.8, 4) is 16.9 Å². The maximum Gasteiger partial charge on any atom is 0.133 e. The van der Waals surface area contributed by atoms with Crippen molar-refractivity contribution in [3.05, 3.63) is 58.1 Å². The zero-order valence-corrected chi connectivity index (χ0v) is 15.6. The third-order valence-electron chi connectivity index (χ3n) is 4.45. The van der Waals surface area contributed by atoms with Gasteiger partial charge in [0, 0.05) is 37.5 Å². The van der Waals surface area contributed by atoms with Crippen LogP contribution in [0.5, 0.6) is 0 Å². The molecular weight excluding hydrogens is 355 g/mol. The third kappa shape index (κ3) is 2.75. The Morgan fingerprint density at radius 1 is 1.12 bits per heavy atom. The molecule has 128 valence electrons. The molecular formula is C19H18Cl2N4. The first kappa shape index (κ1) is 16.3. The zero-order chi connectivity index (χ0) is 17.6. The Morgan fingerprint density at radius 2 is 1.92 bits per heavy atom. The Labute approximate surface area is 157 Å². The van der Waals surface area contributed by atoms with E-state index in [-0.39, 0.29) is 0 Å². The van der Waals surface area contributed by atoms with Gasteiger partial charge in [0.05, 0.1) is 21.4 Å². The second kappa shape index (κ2) is 6.28. The molecule has 25 heavy (non-hydrogen) atoms. The van der Waals surface area contributed by atoms with E-state index in [9.17, 15) is 0 Å². The average Bonchev–Trinajstić information content (AvgIpc) is 3.20. The second-order valence-electron chi connectivity index (χ2n) is 6.28. The monoisotopic (exact) mass is 372 g/mol. The van der Waals surface area contributed by atoms with Crippen LogP contribution in [0.2, 0.25) is 10.0 Å². The van der Waals surface area contributed by atoms with Gasteiger partial charge in [-0.3, -0.25) is 0 Å². The summed E-state index contributed by atoms with van der Waals surface area (Å²) in [6.07, 6.45) is 0.940. The minimum Gasteiger partial charge on any atom is -0.378 e. The van der Waals surface area contributed by atoms with Crippen LogP contribution in [0.3, 0.4) is 0 Å². The fraction of sp³-hybridized carbons (Fsp3) is 0.211. The molecule has 2 heterocycles. The molecule has 0 amide bonds. The molecule has 1 aliphatic heterocycles. The maximum absolute atomic E-state index is 6.42. The van der Waals surface area contributed by atoms with Crippen molar-refractivity contribution in [2.75, 3.05) is 30.9 Å². The number of hydrogen-bond donors (Lipinski definition) is 1.